The van der Waals surface area contributed by atoms with Crippen LogP contribution in [-0.4, -0.2) is 26.1 Å². The first-order valence-electron chi connectivity index (χ1n) is 8.14. The van der Waals surface area contributed by atoms with Crippen LogP contribution in [0.25, 0.3) is 0 Å². The second kappa shape index (κ2) is 8.24. The third kappa shape index (κ3) is 5.86. The van der Waals surface area contributed by atoms with Crippen molar-refractivity contribution in [3.63, 3.8) is 0 Å². The molecule has 5 nitrogen and oxygen atoms in total. The predicted octanol–water partition coefficient (Wildman–Crippen LogP) is 3.88. The van der Waals surface area contributed by atoms with Gasteiger partial charge < -0.3 is 5.32 Å². The monoisotopic (exact) mass is 392 g/mol. The van der Waals surface area contributed by atoms with E-state index in [1.807, 2.05) is 24.5 Å². The molecule has 0 aliphatic rings. The highest BCUT2D eigenvalue weighted by molar-refractivity contribution is 7.97. The van der Waals surface area contributed by atoms with Gasteiger partial charge in [0.05, 0.1) is 4.90 Å². The molecule has 0 fully saturated rings. The average molecular weight is 393 g/mol. The summed E-state index contributed by atoms with van der Waals surface area (Å²) in [5, 5.41) is 2.76. The summed E-state index contributed by atoms with van der Waals surface area (Å²) in [6.45, 7) is 5.33. The number of hydrogen-bond donors (Lipinski definition) is 2. The average Bonchev–Trinajstić information content (AvgIpc) is 2.53. The minimum Gasteiger partial charge on any atom is -0.322 e. The summed E-state index contributed by atoms with van der Waals surface area (Å²) in [4.78, 5) is 12.6. The molecule has 0 saturated carbocycles. The van der Waals surface area contributed by atoms with Crippen molar-refractivity contribution >= 4 is 33.4 Å². The molecule has 7 heteroatoms. The Morgan fingerprint density at radius 3 is 2.42 bits per heavy atom. The number of carbonyl (C=O) groups excluding carboxylic acids is 1. The first kappa shape index (κ1) is 20.5. The number of hydrogen-bond acceptors (Lipinski definition) is 4. The lowest BCUT2D eigenvalue weighted by Gasteiger charge is -2.20. The van der Waals surface area contributed by atoms with Gasteiger partial charge in [-0.05, 0) is 62.9 Å². The number of carbonyl (C=O) groups is 1. The van der Waals surface area contributed by atoms with E-state index >= 15 is 0 Å². The second-order valence-electron chi connectivity index (χ2n) is 6.97. The number of sulfonamides is 1. The Morgan fingerprint density at radius 2 is 1.77 bits per heavy atom. The van der Waals surface area contributed by atoms with Gasteiger partial charge in [0.25, 0.3) is 5.91 Å². The lowest BCUT2D eigenvalue weighted by molar-refractivity contribution is 0.102. The minimum absolute atomic E-state index is 0.112. The van der Waals surface area contributed by atoms with Crippen LogP contribution in [0.4, 0.5) is 5.69 Å². The number of nitrogens with one attached hydrogen (secondary N) is 2. The normalized spacial score (nSPS) is 12.0. The van der Waals surface area contributed by atoms with Crippen molar-refractivity contribution in [3.05, 3.63) is 59.7 Å². The van der Waals surface area contributed by atoms with Gasteiger partial charge in [0.2, 0.25) is 10.0 Å². The number of benzene rings is 2. The van der Waals surface area contributed by atoms with E-state index in [0.717, 1.165) is 11.3 Å². The van der Waals surface area contributed by atoms with Crippen molar-refractivity contribution in [3.8, 4) is 0 Å². The van der Waals surface area contributed by atoms with Crippen LogP contribution in [-0.2, 0) is 15.8 Å². The molecule has 0 bridgehead atoms. The van der Waals surface area contributed by atoms with Crippen LogP contribution < -0.4 is 10.0 Å². The van der Waals surface area contributed by atoms with Gasteiger partial charge in [-0.3, -0.25) is 4.79 Å². The summed E-state index contributed by atoms with van der Waals surface area (Å²) in [6, 6.07) is 13.6. The molecule has 0 atom stereocenters. The Balaban J connectivity index is 2.21. The third-order valence-electron chi connectivity index (χ3n) is 3.34. The maximum atomic E-state index is 12.5. The highest BCUT2D eigenvalue weighted by Crippen LogP contribution is 2.19. The molecule has 2 N–H and O–H groups in total. The fourth-order valence-electron chi connectivity index (χ4n) is 2.38. The van der Waals surface area contributed by atoms with Gasteiger partial charge in [0, 0.05) is 22.5 Å². The summed E-state index contributed by atoms with van der Waals surface area (Å²) in [5.74, 6) is 0.555. The van der Waals surface area contributed by atoms with Gasteiger partial charge in [-0.25, -0.2) is 13.1 Å². The Bertz CT molecular complexity index is 888. The Labute approximate surface area is 159 Å². The zero-order chi connectivity index (χ0) is 19.4. The van der Waals surface area contributed by atoms with Crippen molar-refractivity contribution in [2.75, 3.05) is 11.6 Å². The highest BCUT2D eigenvalue weighted by Gasteiger charge is 2.22. The Kier molecular flexibility index (Phi) is 6.49. The molecule has 2 aromatic rings. The molecule has 0 radical (unpaired) electrons. The zero-order valence-corrected chi connectivity index (χ0v) is 17.0. The van der Waals surface area contributed by atoms with Gasteiger partial charge in [0.1, 0.15) is 0 Å². The lowest BCUT2D eigenvalue weighted by Crippen LogP contribution is -2.40. The number of thioether (sulfide) groups is 1. The standard InChI is InChI=1S/C19H24N2O3S2/c1-19(2,3)21-26(23,24)17-10-6-9-16(12-17)20-18(22)15-8-5-7-14(11-15)13-25-4/h5-12,21H,13H2,1-4H3,(H,20,22). The maximum Gasteiger partial charge on any atom is 0.255 e. The maximum absolute atomic E-state index is 12.5. The van der Waals surface area contributed by atoms with Crippen molar-refractivity contribution in [2.24, 2.45) is 0 Å². The number of rotatable bonds is 6. The molecule has 140 valence electrons. The van der Waals surface area contributed by atoms with E-state index in [9.17, 15) is 13.2 Å². The first-order chi connectivity index (χ1) is 12.1. The summed E-state index contributed by atoms with van der Waals surface area (Å²) in [7, 11) is -3.66. The van der Waals surface area contributed by atoms with E-state index in [1.54, 1.807) is 50.7 Å². The Hall–Kier alpha value is -1.83. The number of anilines is 1. The molecular weight excluding hydrogens is 368 g/mol. The van der Waals surface area contributed by atoms with Gasteiger partial charge in [-0.1, -0.05) is 18.2 Å². The van der Waals surface area contributed by atoms with E-state index in [1.165, 1.54) is 12.1 Å². The first-order valence-corrected chi connectivity index (χ1v) is 11.0. The fraction of sp³-hybridized carbons (Fsp3) is 0.316. The molecule has 0 aliphatic carbocycles. The van der Waals surface area contributed by atoms with Crippen molar-refractivity contribution in [1.82, 2.24) is 4.72 Å². The molecule has 26 heavy (non-hydrogen) atoms. The van der Waals surface area contributed by atoms with Crippen molar-refractivity contribution < 1.29 is 13.2 Å². The van der Waals surface area contributed by atoms with E-state index in [4.69, 9.17) is 0 Å². The molecule has 2 aromatic carbocycles. The van der Waals surface area contributed by atoms with Crippen molar-refractivity contribution in [2.45, 2.75) is 37.0 Å². The van der Waals surface area contributed by atoms with Crippen LogP contribution in [0.3, 0.4) is 0 Å². The lowest BCUT2D eigenvalue weighted by atomic mass is 10.1. The van der Waals surface area contributed by atoms with Crippen LogP contribution >= 0.6 is 11.8 Å². The molecule has 2 rings (SSSR count). The van der Waals surface area contributed by atoms with Gasteiger partial charge in [-0.2, -0.15) is 11.8 Å². The van der Waals surface area contributed by atoms with Crippen LogP contribution in [0, 0.1) is 0 Å². The van der Waals surface area contributed by atoms with Crippen LogP contribution in [0.1, 0.15) is 36.7 Å². The quantitative estimate of drug-likeness (QED) is 0.782. The molecule has 0 aliphatic heterocycles. The molecule has 0 spiro atoms. The van der Waals surface area contributed by atoms with Gasteiger partial charge in [0.15, 0.2) is 0 Å². The molecule has 0 heterocycles. The second-order valence-corrected chi connectivity index (χ2v) is 9.52. The molecule has 0 aromatic heterocycles. The van der Waals surface area contributed by atoms with E-state index in [-0.39, 0.29) is 10.8 Å². The van der Waals surface area contributed by atoms with Gasteiger partial charge in [-0.15, -0.1) is 0 Å². The number of amides is 1. The zero-order valence-electron chi connectivity index (χ0n) is 15.4. The van der Waals surface area contributed by atoms with Crippen LogP contribution in [0.2, 0.25) is 0 Å². The largest absolute Gasteiger partial charge is 0.322 e. The topological polar surface area (TPSA) is 75.3 Å². The highest BCUT2D eigenvalue weighted by atomic mass is 32.2. The van der Waals surface area contributed by atoms with Crippen LogP contribution in [0.5, 0.6) is 0 Å². The molecule has 0 saturated heterocycles. The SMILES string of the molecule is CSCc1cccc(C(=O)Nc2cccc(S(=O)(=O)NC(C)(C)C)c2)c1. The molecule has 1 amide bonds. The summed E-state index contributed by atoms with van der Waals surface area (Å²) >= 11 is 1.68. The van der Waals surface area contributed by atoms with Crippen LogP contribution in [0.15, 0.2) is 53.4 Å². The fourth-order valence-corrected chi connectivity index (χ4v) is 4.35. The minimum atomic E-state index is -3.66. The summed E-state index contributed by atoms with van der Waals surface area (Å²) < 4.78 is 27.5. The summed E-state index contributed by atoms with van der Waals surface area (Å²) in [5.41, 5.74) is 1.45. The summed E-state index contributed by atoms with van der Waals surface area (Å²) in [6.07, 6.45) is 2.00. The Morgan fingerprint density at radius 1 is 1.08 bits per heavy atom. The molecular formula is C19H24N2O3S2. The predicted molar refractivity (Wildman–Crippen MR) is 108 cm³/mol. The smallest absolute Gasteiger partial charge is 0.255 e. The van der Waals surface area contributed by atoms with Crippen molar-refractivity contribution in [1.29, 1.82) is 0 Å². The van der Waals surface area contributed by atoms with E-state index in [0.29, 0.717) is 11.3 Å². The van der Waals surface area contributed by atoms with E-state index < -0.39 is 15.6 Å². The third-order valence-corrected chi connectivity index (χ3v) is 5.72. The molecule has 0 unspecified atom stereocenters. The van der Waals surface area contributed by atoms with E-state index in [2.05, 4.69) is 10.0 Å². The van der Waals surface area contributed by atoms with Gasteiger partial charge >= 0.3 is 0 Å².